The second kappa shape index (κ2) is 13.2. The van der Waals surface area contributed by atoms with Gasteiger partial charge in [0, 0.05) is 39.1 Å². The number of hydrogen-bond donors (Lipinski definition) is 0. The fraction of sp³-hybridized carbons (Fsp3) is 0.143. The summed E-state index contributed by atoms with van der Waals surface area (Å²) < 4.78 is 7.25. The van der Waals surface area contributed by atoms with E-state index in [4.69, 9.17) is 4.42 Å². The summed E-state index contributed by atoms with van der Waals surface area (Å²) in [6.07, 6.45) is 2.32. The molecule has 0 fully saturated rings. The molecule has 5 aliphatic rings. The first kappa shape index (κ1) is 38.7. The van der Waals surface area contributed by atoms with Crippen LogP contribution in [0.3, 0.4) is 0 Å². The van der Waals surface area contributed by atoms with Crippen LogP contribution in [0.5, 0.6) is 0 Å². The summed E-state index contributed by atoms with van der Waals surface area (Å²) in [6.45, 7) is 12.0. The predicted octanol–water partition coefficient (Wildman–Crippen LogP) is 12.3. The molecule has 0 amide bonds. The summed E-state index contributed by atoms with van der Waals surface area (Å²) in [5.74, 6) is 0. The zero-order valence-electron chi connectivity index (χ0n) is 39.1. The number of hydrogen-bond acceptors (Lipinski definition) is 3. The predicted molar refractivity (Wildman–Crippen MR) is 289 cm³/mol. The topological polar surface area (TPSA) is 19.6 Å². The van der Waals surface area contributed by atoms with E-state index in [2.05, 4.69) is 226 Å². The van der Waals surface area contributed by atoms with E-state index in [9.17, 15) is 0 Å². The number of rotatable bonds is 2. The van der Waals surface area contributed by atoms with E-state index in [1.807, 2.05) is 0 Å². The number of furan rings is 1. The van der Waals surface area contributed by atoms with Gasteiger partial charge >= 0.3 is 6.85 Å². The molecule has 0 saturated carbocycles. The lowest BCUT2D eigenvalue weighted by molar-refractivity contribution is 0.332. The molecule has 1 aromatic heterocycles. The first-order valence-electron chi connectivity index (χ1n) is 24.5. The fourth-order valence-electron chi connectivity index (χ4n) is 13.8. The molecule has 9 aromatic carbocycles. The maximum atomic E-state index is 7.25. The Balaban J connectivity index is 1.12. The highest BCUT2D eigenvalue weighted by Gasteiger charge is 2.58. The Morgan fingerprint density at radius 3 is 1.88 bits per heavy atom. The smallest absolute Gasteiger partial charge is 0.333 e. The summed E-state index contributed by atoms with van der Waals surface area (Å²) in [4.78, 5) is 5.41. The molecule has 5 heterocycles. The van der Waals surface area contributed by atoms with Crippen molar-refractivity contribution in [1.82, 2.24) is 0 Å². The van der Waals surface area contributed by atoms with Crippen LogP contribution < -0.4 is 41.4 Å². The molecular formula is C63H49BN2OSi. The average Bonchev–Trinajstić information content (AvgIpc) is 3.89. The van der Waals surface area contributed by atoms with Gasteiger partial charge in [0.1, 0.15) is 5.58 Å². The molecule has 1 aliphatic carbocycles. The Kier molecular flexibility index (Phi) is 7.53. The number of aryl methyl sites for hydroxylation is 1. The number of nitrogens with zero attached hydrogens (tertiary/aromatic N) is 2. The van der Waals surface area contributed by atoms with Crippen LogP contribution in [0.4, 0.5) is 28.4 Å². The van der Waals surface area contributed by atoms with Gasteiger partial charge < -0.3 is 14.1 Å². The SMILES string of the molecule is Cc1cc2c(cc1N1c3cc(-c4ccccc4)cc4c3B(c3ccc5c(oc6ccccc65)c31)N1c3ccccc3[Si]3(c5ccccc5-c5ccccc53)c3cccc-4c31)C(C)(C)CCC2(C)C. The molecule has 10 aromatic rings. The van der Waals surface area contributed by atoms with Crippen LogP contribution in [0, 0.1) is 6.92 Å². The molecule has 0 N–H and O–H groups in total. The summed E-state index contributed by atoms with van der Waals surface area (Å²) in [6, 6.07) is 70.0. The highest BCUT2D eigenvalue weighted by Crippen LogP contribution is 2.54. The summed E-state index contributed by atoms with van der Waals surface area (Å²) in [5.41, 5.74) is 22.8. The third kappa shape index (κ3) is 4.75. The van der Waals surface area contributed by atoms with Crippen LogP contribution in [0.15, 0.2) is 186 Å². The Morgan fingerprint density at radius 2 is 1.12 bits per heavy atom. The van der Waals surface area contributed by atoms with Crippen molar-refractivity contribution in [3.05, 3.63) is 199 Å². The zero-order valence-corrected chi connectivity index (χ0v) is 40.1. The summed E-state index contributed by atoms with van der Waals surface area (Å²) in [7, 11) is -2.84. The van der Waals surface area contributed by atoms with E-state index in [0.717, 1.165) is 34.0 Å². The van der Waals surface area contributed by atoms with Crippen LogP contribution in [0.25, 0.3) is 55.3 Å². The van der Waals surface area contributed by atoms with Crippen LogP contribution in [-0.4, -0.2) is 14.9 Å². The van der Waals surface area contributed by atoms with Crippen LogP contribution in [0.1, 0.15) is 57.2 Å². The minimum absolute atomic E-state index is 0.0231. The minimum atomic E-state index is -2.84. The van der Waals surface area contributed by atoms with Gasteiger partial charge in [-0.05, 0) is 137 Å². The molecule has 0 atom stereocenters. The zero-order chi connectivity index (χ0) is 45.4. The Bertz CT molecular complexity index is 3820. The van der Waals surface area contributed by atoms with Gasteiger partial charge in [-0.3, -0.25) is 0 Å². The summed E-state index contributed by atoms with van der Waals surface area (Å²) >= 11 is 0. The van der Waals surface area contributed by atoms with Crippen molar-refractivity contribution >= 4 is 97.0 Å². The van der Waals surface area contributed by atoms with Crippen LogP contribution in [-0.2, 0) is 10.8 Å². The van der Waals surface area contributed by atoms with Gasteiger partial charge in [0.25, 0.3) is 0 Å². The fourth-order valence-corrected chi connectivity index (χ4v) is 19.4. The molecule has 15 rings (SSSR count). The highest BCUT2D eigenvalue weighted by molar-refractivity contribution is 7.24. The maximum Gasteiger partial charge on any atom is 0.333 e. The molecule has 0 saturated heterocycles. The van der Waals surface area contributed by atoms with Crippen molar-refractivity contribution in [2.24, 2.45) is 0 Å². The normalized spacial score (nSPS) is 16.8. The molecule has 4 aliphatic heterocycles. The van der Waals surface area contributed by atoms with Crippen molar-refractivity contribution in [2.75, 3.05) is 9.71 Å². The molecule has 0 unspecified atom stereocenters. The Morgan fingerprint density at radius 1 is 0.485 bits per heavy atom. The largest absolute Gasteiger partial charge is 0.454 e. The van der Waals surface area contributed by atoms with Crippen molar-refractivity contribution in [2.45, 2.75) is 58.3 Å². The molecular weight excluding hydrogens is 840 g/mol. The van der Waals surface area contributed by atoms with Crippen molar-refractivity contribution in [3.63, 3.8) is 0 Å². The maximum absolute atomic E-state index is 7.25. The lowest BCUT2D eigenvalue weighted by Gasteiger charge is -2.52. The van der Waals surface area contributed by atoms with Crippen LogP contribution >= 0.6 is 0 Å². The van der Waals surface area contributed by atoms with E-state index >= 15 is 0 Å². The van der Waals surface area contributed by atoms with Crippen molar-refractivity contribution in [1.29, 1.82) is 0 Å². The number of anilines is 5. The van der Waals surface area contributed by atoms with Gasteiger partial charge in [0.2, 0.25) is 0 Å². The molecule has 0 bridgehead atoms. The first-order valence-corrected chi connectivity index (χ1v) is 26.5. The Hall–Kier alpha value is -7.34. The standard InChI is InChI=1S/C63H49BN2OSi/c1-38-34-47-48(63(4,5)33-32-62(47,2)3)37-51(38)65-52-36-40(39-18-7-6-8-19-39)35-46-44-23-17-29-57-59(44)66(64(58(46)52)49-31-30-45-41-20-9-13-25-53(41)67-61(45)60(49)65)50-24-12-16-28-56(50)68(57)54-26-14-10-21-42(54)43-22-11-15-27-55(43)68/h6-31,34-37H,32-33H2,1-5H3. The number of para-hydroxylation sites is 3. The lowest BCUT2D eigenvalue weighted by Crippen LogP contribution is -2.78. The Labute approximate surface area is 399 Å². The number of fused-ring (bicyclic) bond motifs is 18. The number of benzene rings is 9. The monoisotopic (exact) mass is 888 g/mol. The van der Waals surface area contributed by atoms with Crippen LogP contribution in [0.2, 0.25) is 0 Å². The third-order valence-electron chi connectivity index (χ3n) is 17.0. The van der Waals surface area contributed by atoms with E-state index < -0.39 is 8.07 Å². The second-order valence-corrected chi connectivity index (χ2v) is 25.1. The minimum Gasteiger partial charge on any atom is -0.454 e. The van der Waals surface area contributed by atoms with Gasteiger partial charge in [-0.1, -0.05) is 179 Å². The van der Waals surface area contributed by atoms with Gasteiger partial charge in [0.05, 0.1) is 5.69 Å². The van der Waals surface area contributed by atoms with Gasteiger partial charge in [-0.2, -0.15) is 0 Å². The molecule has 3 nitrogen and oxygen atoms in total. The molecule has 324 valence electrons. The average molecular weight is 889 g/mol. The molecule has 1 spiro atoms. The second-order valence-electron chi connectivity index (χ2n) is 21.4. The summed E-state index contributed by atoms with van der Waals surface area (Å²) in [5, 5.41) is 8.18. The molecule has 0 radical (unpaired) electrons. The van der Waals surface area contributed by atoms with Gasteiger partial charge in [-0.25, -0.2) is 0 Å². The first-order chi connectivity index (χ1) is 33.1. The van der Waals surface area contributed by atoms with Gasteiger partial charge in [-0.15, -0.1) is 0 Å². The molecule has 5 heteroatoms. The van der Waals surface area contributed by atoms with E-state index in [1.165, 1.54) is 111 Å². The van der Waals surface area contributed by atoms with E-state index in [1.54, 1.807) is 0 Å². The van der Waals surface area contributed by atoms with E-state index in [0.29, 0.717) is 0 Å². The lowest BCUT2D eigenvalue weighted by atomic mass is 9.43. The third-order valence-corrected chi connectivity index (χ3v) is 21.9. The van der Waals surface area contributed by atoms with Crippen molar-refractivity contribution < 1.29 is 4.42 Å². The van der Waals surface area contributed by atoms with E-state index in [-0.39, 0.29) is 17.7 Å². The van der Waals surface area contributed by atoms with Gasteiger partial charge in [0.15, 0.2) is 13.7 Å². The quantitative estimate of drug-likeness (QED) is 0.161. The highest BCUT2D eigenvalue weighted by atomic mass is 28.3. The molecule has 68 heavy (non-hydrogen) atoms. The van der Waals surface area contributed by atoms with Crippen molar-refractivity contribution in [3.8, 4) is 33.4 Å².